The molecule has 0 spiro atoms. The van der Waals surface area contributed by atoms with E-state index in [0.717, 1.165) is 23.0 Å². The van der Waals surface area contributed by atoms with Crippen molar-refractivity contribution in [1.82, 2.24) is 9.88 Å². The van der Waals surface area contributed by atoms with Gasteiger partial charge in [0.05, 0.1) is 6.54 Å². The molecule has 19 heavy (non-hydrogen) atoms. The standard InChI is InChI=1S/C16H22N2O/c1-16(2,3)11-18(4)10-15(19)13-9-17-14-8-6-5-7-12(13)14/h5-9,17H,10-11H2,1-4H3. The number of benzene rings is 1. The van der Waals surface area contributed by atoms with Crippen LogP contribution < -0.4 is 0 Å². The number of likely N-dealkylation sites (N-methyl/N-ethyl adjacent to an activating group) is 1. The predicted octanol–water partition coefficient (Wildman–Crippen LogP) is 3.33. The SMILES string of the molecule is CN(CC(=O)c1c[nH]c2ccccc12)CC(C)(C)C. The molecule has 1 aromatic carbocycles. The third-order valence-electron chi connectivity index (χ3n) is 3.05. The molecule has 0 saturated carbocycles. The Morgan fingerprint density at radius 1 is 1.26 bits per heavy atom. The van der Waals surface area contributed by atoms with Crippen LogP contribution in [-0.2, 0) is 0 Å². The first kappa shape index (κ1) is 13.8. The van der Waals surface area contributed by atoms with Gasteiger partial charge in [-0.15, -0.1) is 0 Å². The van der Waals surface area contributed by atoms with Crippen LogP contribution in [-0.4, -0.2) is 35.8 Å². The molecule has 0 radical (unpaired) electrons. The van der Waals surface area contributed by atoms with Crippen LogP contribution in [0.5, 0.6) is 0 Å². The summed E-state index contributed by atoms with van der Waals surface area (Å²) in [4.78, 5) is 17.6. The Bertz CT molecular complexity index is 578. The van der Waals surface area contributed by atoms with Crippen molar-refractivity contribution >= 4 is 16.7 Å². The molecule has 3 nitrogen and oxygen atoms in total. The number of fused-ring (bicyclic) bond motifs is 1. The first-order valence-corrected chi connectivity index (χ1v) is 6.65. The predicted molar refractivity (Wildman–Crippen MR) is 79.6 cm³/mol. The zero-order valence-corrected chi connectivity index (χ0v) is 12.2. The highest BCUT2D eigenvalue weighted by atomic mass is 16.1. The summed E-state index contributed by atoms with van der Waals surface area (Å²) in [5, 5.41) is 1.01. The zero-order valence-electron chi connectivity index (χ0n) is 12.2. The molecule has 3 heteroatoms. The fraction of sp³-hybridized carbons (Fsp3) is 0.438. The largest absolute Gasteiger partial charge is 0.360 e. The molecule has 0 aliphatic carbocycles. The van der Waals surface area contributed by atoms with Crippen LogP contribution in [0.15, 0.2) is 30.5 Å². The molecule has 1 heterocycles. The number of Topliss-reactive ketones (excluding diaryl/α,β-unsaturated/α-hetero) is 1. The van der Waals surface area contributed by atoms with Crippen LogP contribution in [0.3, 0.4) is 0 Å². The van der Waals surface area contributed by atoms with Crippen molar-refractivity contribution in [2.75, 3.05) is 20.1 Å². The van der Waals surface area contributed by atoms with E-state index in [2.05, 4.69) is 30.7 Å². The van der Waals surface area contributed by atoms with Gasteiger partial charge in [0.25, 0.3) is 0 Å². The Morgan fingerprint density at radius 3 is 2.63 bits per heavy atom. The van der Waals surface area contributed by atoms with E-state index < -0.39 is 0 Å². The van der Waals surface area contributed by atoms with Gasteiger partial charge in [0, 0.05) is 29.2 Å². The number of nitrogens with one attached hydrogen (secondary N) is 1. The average Bonchev–Trinajstić information content (AvgIpc) is 2.69. The number of aromatic nitrogens is 1. The summed E-state index contributed by atoms with van der Waals surface area (Å²) in [6, 6.07) is 7.92. The van der Waals surface area contributed by atoms with Crippen molar-refractivity contribution in [3.63, 3.8) is 0 Å². The lowest BCUT2D eigenvalue weighted by Gasteiger charge is -2.25. The minimum absolute atomic E-state index is 0.171. The quantitative estimate of drug-likeness (QED) is 0.854. The van der Waals surface area contributed by atoms with E-state index in [9.17, 15) is 4.79 Å². The highest BCUT2D eigenvalue weighted by Gasteiger charge is 2.18. The van der Waals surface area contributed by atoms with Crippen molar-refractivity contribution < 1.29 is 4.79 Å². The van der Waals surface area contributed by atoms with E-state index in [0.29, 0.717) is 6.54 Å². The number of rotatable bonds is 4. The maximum atomic E-state index is 12.4. The van der Waals surface area contributed by atoms with Gasteiger partial charge in [-0.25, -0.2) is 0 Å². The van der Waals surface area contributed by atoms with Crippen LogP contribution in [0.1, 0.15) is 31.1 Å². The molecule has 0 saturated heterocycles. The van der Waals surface area contributed by atoms with Gasteiger partial charge in [0.1, 0.15) is 0 Å². The Balaban J connectivity index is 2.12. The van der Waals surface area contributed by atoms with E-state index >= 15 is 0 Å². The fourth-order valence-corrected chi connectivity index (χ4v) is 2.50. The van der Waals surface area contributed by atoms with Crippen LogP contribution >= 0.6 is 0 Å². The molecule has 0 fully saturated rings. The summed E-state index contributed by atoms with van der Waals surface area (Å²) in [5.41, 5.74) is 2.01. The van der Waals surface area contributed by atoms with Crippen LogP contribution in [0.4, 0.5) is 0 Å². The van der Waals surface area contributed by atoms with Gasteiger partial charge in [-0.05, 0) is 18.5 Å². The molecular formula is C16H22N2O. The number of nitrogens with zero attached hydrogens (tertiary/aromatic N) is 1. The highest BCUT2D eigenvalue weighted by Crippen LogP contribution is 2.19. The number of ketones is 1. The molecule has 1 aromatic heterocycles. The second-order valence-electron chi connectivity index (χ2n) is 6.40. The second kappa shape index (κ2) is 5.17. The van der Waals surface area contributed by atoms with Gasteiger partial charge in [-0.2, -0.15) is 0 Å². The summed E-state index contributed by atoms with van der Waals surface area (Å²) >= 11 is 0. The monoisotopic (exact) mass is 258 g/mol. The van der Waals surface area contributed by atoms with Crippen molar-refractivity contribution in [2.45, 2.75) is 20.8 Å². The third-order valence-corrected chi connectivity index (χ3v) is 3.05. The van der Waals surface area contributed by atoms with Gasteiger partial charge >= 0.3 is 0 Å². The highest BCUT2D eigenvalue weighted by molar-refractivity contribution is 6.08. The molecule has 0 atom stereocenters. The van der Waals surface area contributed by atoms with Gasteiger partial charge < -0.3 is 4.98 Å². The van der Waals surface area contributed by atoms with Gasteiger partial charge in [-0.3, -0.25) is 9.69 Å². The summed E-state index contributed by atoms with van der Waals surface area (Å²) in [6.07, 6.45) is 1.82. The summed E-state index contributed by atoms with van der Waals surface area (Å²) in [7, 11) is 2.00. The first-order valence-electron chi connectivity index (χ1n) is 6.65. The molecule has 2 aromatic rings. The summed E-state index contributed by atoms with van der Waals surface area (Å²) in [5.74, 6) is 0.171. The van der Waals surface area contributed by atoms with Crippen molar-refractivity contribution in [1.29, 1.82) is 0 Å². The lowest BCUT2D eigenvalue weighted by Crippen LogP contribution is -2.33. The number of hydrogen-bond acceptors (Lipinski definition) is 2. The Hall–Kier alpha value is -1.61. The second-order valence-corrected chi connectivity index (χ2v) is 6.40. The molecule has 102 valence electrons. The smallest absolute Gasteiger partial charge is 0.178 e. The van der Waals surface area contributed by atoms with Gasteiger partial charge in [0.15, 0.2) is 5.78 Å². The number of aromatic amines is 1. The Labute approximate surface area is 114 Å². The van der Waals surface area contributed by atoms with Crippen LogP contribution in [0.2, 0.25) is 0 Å². The van der Waals surface area contributed by atoms with Crippen LogP contribution in [0, 0.1) is 5.41 Å². The van der Waals surface area contributed by atoms with Gasteiger partial charge in [-0.1, -0.05) is 39.0 Å². The van der Waals surface area contributed by atoms with E-state index in [4.69, 9.17) is 0 Å². The summed E-state index contributed by atoms with van der Waals surface area (Å²) < 4.78 is 0. The van der Waals surface area contributed by atoms with Crippen LogP contribution in [0.25, 0.3) is 10.9 Å². The van der Waals surface area contributed by atoms with E-state index in [1.165, 1.54) is 0 Å². The first-order chi connectivity index (χ1) is 8.87. The Morgan fingerprint density at radius 2 is 1.95 bits per heavy atom. The number of carbonyl (C=O) groups is 1. The van der Waals surface area contributed by atoms with E-state index in [1.807, 2.05) is 37.5 Å². The molecule has 0 aliphatic rings. The van der Waals surface area contributed by atoms with Crippen molar-refractivity contribution in [3.05, 3.63) is 36.0 Å². The summed E-state index contributed by atoms with van der Waals surface area (Å²) in [6.45, 7) is 7.90. The minimum atomic E-state index is 0.171. The van der Waals surface area contributed by atoms with E-state index in [-0.39, 0.29) is 11.2 Å². The number of para-hydroxylation sites is 1. The number of H-pyrrole nitrogens is 1. The van der Waals surface area contributed by atoms with Crippen molar-refractivity contribution in [2.24, 2.45) is 5.41 Å². The zero-order chi connectivity index (χ0) is 14.0. The minimum Gasteiger partial charge on any atom is -0.360 e. The maximum Gasteiger partial charge on any atom is 0.178 e. The lowest BCUT2D eigenvalue weighted by molar-refractivity contribution is 0.0928. The van der Waals surface area contributed by atoms with E-state index in [1.54, 1.807) is 0 Å². The molecule has 1 N–H and O–H groups in total. The fourth-order valence-electron chi connectivity index (χ4n) is 2.50. The third kappa shape index (κ3) is 3.44. The normalized spacial score (nSPS) is 12.3. The van der Waals surface area contributed by atoms with Crippen molar-refractivity contribution in [3.8, 4) is 0 Å². The topological polar surface area (TPSA) is 36.1 Å². The molecule has 0 bridgehead atoms. The molecule has 0 amide bonds. The molecule has 0 aliphatic heterocycles. The average molecular weight is 258 g/mol. The van der Waals surface area contributed by atoms with Gasteiger partial charge in [0.2, 0.25) is 0 Å². The molecule has 2 rings (SSSR count). The number of hydrogen-bond donors (Lipinski definition) is 1. The molecule has 0 unspecified atom stereocenters. The Kier molecular flexibility index (Phi) is 3.76. The lowest BCUT2D eigenvalue weighted by atomic mass is 9.96. The maximum absolute atomic E-state index is 12.4. The molecular weight excluding hydrogens is 236 g/mol. The number of carbonyl (C=O) groups excluding carboxylic acids is 1.